The Hall–Kier alpha value is -0.970. The summed E-state index contributed by atoms with van der Waals surface area (Å²) in [4.78, 5) is 34.7. The van der Waals surface area contributed by atoms with E-state index in [9.17, 15) is 19.7 Å². The minimum Gasteiger partial charge on any atom is -0.316 e. The van der Waals surface area contributed by atoms with Gasteiger partial charge >= 0.3 is 0 Å². The van der Waals surface area contributed by atoms with Gasteiger partial charge in [-0.25, -0.2) is 0 Å². The molecule has 8 nitrogen and oxygen atoms in total. The van der Waals surface area contributed by atoms with Crippen molar-refractivity contribution in [2.45, 2.75) is 42.1 Å². The Balaban J connectivity index is 1.82. The van der Waals surface area contributed by atoms with Crippen LogP contribution in [0.2, 0.25) is 0 Å². The molecule has 4 atom stereocenters. The molecule has 3 N–H and O–H groups in total. The van der Waals surface area contributed by atoms with Gasteiger partial charge < -0.3 is 5.32 Å². The second-order valence-corrected chi connectivity index (χ2v) is 7.50. The summed E-state index contributed by atoms with van der Waals surface area (Å²) < 4.78 is 0.0575. The first kappa shape index (κ1) is 17.4. The van der Waals surface area contributed by atoms with E-state index in [2.05, 4.69) is 38.8 Å². The van der Waals surface area contributed by atoms with Crippen molar-refractivity contribution in [1.82, 2.24) is 16.2 Å². The predicted octanol–water partition coefficient (Wildman–Crippen LogP) is 0.382. The number of nitrogens with zero attached hydrogens (tertiary/aromatic N) is 1. The Kier molecular flexibility index (Phi) is 6.36. The highest BCUT2D eigenvalue weighted by molar-refractivity contribution is 14.1. The van der Waals surface area contributed by atoms with Gasteiger partial charge in [-0.2, -0.15) is 0 Å². The molecule has 9 heteroatoms. The van der Waals surface area contributed by atoms with Crippen molar-refractivity contribution in [3.05, 3.63) is 10.1 Å². The molecular weight excluding hydrogens is 403 g/mol. The Morgan fingerprint density at radius 3 is 2.55 bits per heavy atom. The van der Waals surface area contributed by atoms with E-state index in [0.717, 1.165) is 19.4 Å². The van der Waals surface area contributed by atoms with E-state index in [1.807, 2.05) is 0 Å². The summed E-state index contributed by atoms with van der Waals surface area (Å²) in [6, 6.07) is -0.667. The lowest BCUT2D eigenvalue weighted by atomic mass is 9.85. The molecule has 0 aromatic heterocycles. The second-order valence-electron chi connectivity index (χ2n) is 5.90. The Bertz CT molecular complexity index is 442. The lowest BCUT2D eigenvalue weighted by Crippen LogP contribution is -2.52. The quantitative estimate of drug-likeness (QED) is 0.263. The highest BCUT2D eigenvalue weighted by Gasteiger charge is 2.39. The van der Waals surface area contributed by atoms with Gasteiger partial charge in [0.05, 0.1) is 11.8 Å². The largest absolute Gasteiger partial charge is 0.316 e. The topological polar surface area (TPSA) is 113 Å². The minimum absolute atomic E-state index is 0.0575. The number of carbonyl (C=O) groups is 2. The van der Waals surface area contributed by atoms with Gasteiger partial charge in [-0.3, -0.25) is 30.6 Å². The average Bonchev–Trinajstić information content (AvgIpc) is 2.53. The molecule has 4 unspecified atom stereocenters. The van der Waals surface area contributed by atoms with Crippen molar-refractivity contribution >= 4 is 34.4 Å². The summed E-state index contributed by atoms with van der Waals surface area (Å²) in [5.41, 5.74) is 4.91. The van der Waals surface area contributed by atoms with Crippen LogP contribution in [0.5, 0.6) is 0 Å². The van der Waals surface area contributed by atoms with Crippen LogP contribution in [0.3, 0.4) is 0 Å². The van der Waals surface area contributed by atoms with E-state index in [4.69, 9.17) is 0 Å². The fraction of sp³-hybridized carbons (Fsp3) is 0.846. The van der Waals surface area contributed by atoms with Gasteiger partial charge in [0.2, 0.25) is 17.9 Å². The van der Waals surface area contributed by atoms with Crippen molar-refractivity contribution < 1.29 is 14.5 Å². The molecule has 0 radical (unpaired) electrons. The number of nitrogens with one attached hydrogen (secondary N) is 3. The maximum absolute atomic E-state index is 12.2. The van der Waals surface area contributed by atoms with Crippen LogP contribution in [0.25, 0.3) is 0 Å². The summed E-state index contributed by atoms with van der Waals surface area (Å²) in [7, 11) is 0. The first-order valence-corrected chi connectivity index (χ1v) is 8.81. The molecule has 1 saturated heterocycles. The molecule has 22 heavy (non-hydrogen) atoms. The maximum Gasteiger partial charge on any atom is 0.242 e. The van der Waals surface area contributed by atoms with E-state index in [1.165, 1.54) is 0 Å². The molecule has 2 fully saturated rings. The highest BCUT2D eigenvalue weighted by atomic mass is 127. The zero-order valence-corrected chi connectivity index (χ0v) is 14.4. The molecule has 2 rings (SSSR count). The first-order valence-electron chi connectivity index (χ1n) is 7.57. The summed E-state index contributed by atoms with van der Waals surface area (Å²) in [6.45, 7) is 1.53. The van der Waals surface area contributed by atoms with Gasteiger partial charge in [0.1, 0.15) is 0 Å². The molecule has 2 amide bonds. The first-order chi connectivity index (χ1) is 10.5. The van der Waals surface area contributed by atoms with Gasteiger partial charge in [-0.05, 0) is 25.8 Å². The van der Waals surface area contributed by atoms with Gasteiger partial charge in [0.15, 0.2) is 0 Å². The van der Waals surface area contributed by atoms with E-state index in [-0.39, 0.29) is 33.0 Å². The van der Waals surface area contributed by atoms with E-state index in [1.54, 1.807) is 0 Å². The fourth-order valence-electron chi connectivity index (χ4n) is 2.97. The normalized spacial score (nSPS) is 32.0. The molecule has 0 spiro atoms. The van der Waals surface area contributed by atoms with Gasteiger partial charge in [-0.1, -0.05) is 22.6 Å². The van der Waals surface area contributed by atoms with Crippen LogP contribution in [0.15, 0.2) is 0 Å². The van der Waals surface area contributed by atoms with Crippen molar-refractivity contribution in [2.75, 3.05) is 13.1 Å². The molecule has 2 aliphatic rings. The van der Waals surface area contributed by atoms with E-state index >= 15 is 0 Å². The van der Waals surface area contributed by atoms with Gasteiger partial charge in [0.25, 0.3) is 0 Å². The number of piperidine rings is 1. The smallest absolute Gasteiger partial charge is 0.242 e. The van der Waals surface area contributed by atoms with Crippen molar-refractivity contribution in [3.63, 3.8) is 0 Å². The molecule has 1 heterocycles. The maximum atomic E-state index is 12.2. The van der Waals surface area contributed by atoms with Crippen LogP contribution in [-0.4, -0.2) is 39.8 Å². The molecule has 124 valence electrons. The molecule has 1 saturated carbocycles. The third-order valence-corrected chi connectivity index (χ3v) is 5.84. The summed E-state index contributed by atoms with van der Waals surface area (Å²) in [5, 5.41) is 14.0. The SMILES string of the molecule is O=C(NNC(=O)C1CC([N+](=O)[O-])CCC1I)C1CCCNC1. The number of carbonyl (C=O) groups excluding carboxylic acids is 2. The monoisotopic (exact) mass is 424 g/mol. The summed E-state index contributed by atoms with van der Waals surface area (Å²) in [6.07, 6.45) is 3.12. The Labute approximate surface area is 142 Å². The number of hydrogen-bond acceptors (Lipinski definition) is 5. The summed E-state index contributed by atoms with van der Waals surface area (Å²) in [5.74, 6) is -1.10. The van der Waals surface area contributed by atoms with E-state index in [0.29, 0.717) is 19.4 Å². The molecular formula is C13H21IN4O4. The third kappa shape index (κ3) is 4.51. The number of hydrazine groups is 1. The van der Waals surface area contributed by atoms with Crippen molar-refractivity contribution in [1.29, 1.82) is 0 Å². The summed E-state index contributed by atoms with van der Waals surface area (Å²) >= 11 is 2.16. The molecule has 0 bridgehead atoms. The van der Waals surface area contributed by atoms with Crippen LogP contribution in [-0.2, 0) is 9.59 Å². The van der Waals surface area contributed by atoms with E-state index < -0.39 is 12.0 Å². The number of amides is 2. The number of hydrogen-bond donors (Lipinski definition) is 3. The van der Waals surface area contributed by atoms with Crippen LogP contribution in [0, 0.1) is 22.0 Å². The lowest BCUT2D eigenvalue weighted by molar-refractivity contribution is -0.527. The fourth-order valence-corrected chi connectivity index (χ4v) is 3.95. The average molecular weight is 424 g/mol. The zero-order chi connectivity index (χ0) is 16.1. The number of alkyl halides is 1. The van der Waals surface area contributed by atoms with Crippen LogP contribution in [0.1, 0.15) is 32.1 Å². The molecule has 1 aliphatic heterocycles. The minimum atomic E-state index is -0.667. The predicted molar refractivity (Wildman–Crippen MR) is 87.8 cm³/mol. The number of rotatable bonds is 3. The standard InChI is InChI=1S/C13H21IN4O4/c14-11-4-3-9(18(21)22)6-10(11)13(20)17-16-12(19)8-2-1-5-15-7-8/h8-11,15H,1-7H2,(H,16,19)(H,17,20). The molecule has 0 aromatic rings. The Morgan fingerprint density at radius 2 is 1.91 bits per heavy atom. The van der Waals surface area contributed by atoms with Crippen LogP contribution < -0.4 is 16.2 Å². The third-order valence-electron chi connectivity index (χ3n) is 4.35. The number of halogens is 1. The van der Waals surface area contributed by atoms with Crippen LogP contribution in [0.4, 0.5) is 0 Å². The van der Waals surface area contributed by atoms with Gasteiger partial charge in [0, 0.05) is 28.2 Å². The molecule has 0 aromatic carbocycles. The van der Waals surface area contributed by atoms with Crippen molar-refractivity contribution in [3.8, 4) is 0 Å². The number of nitro groups is 1. The Morgan fingerprint density at radius 1 is 1.18 bits per heavy atom. The van der Waals surface area contributed by atoms with Crippen molar-refractivity contribution in [2.24, 2.45) is 11.8 Å². The lowest BCUT2D eigenvalue weighted by Gasteiger charge is -2.28. The van der Waals surface area contributed by atoms with Gasteiger partial charge in [-0.15, -0.1) is 0 Å². The van der Waals surface area contributed by atoms with Crippen LogP contribution >= 0.6 is 22.6 Å². The highest BCUT2D eigenvalue weighted by Crippen LogP contribution is 2.31. The molecule has 1 aliphatic carbocycles. The second kappa shape index (κ2) is 8.04. The zero-order valence-electron chi connectivity index (χ0n) is 12.2.